The normalized spacial score (nSPS) is 18.1. The predicted molar refractivity (Wildman–Crippen MR) is 381 cm³/mol. The van der Waals surface area contributed by atoms with Gasteiger partial charge < -0.3 is 55.7 Å². The van der Waals surface area contributed by atoms with Crippen molar-refractivity contribution in [3.63, 3.8) is 0 Å². The van der Waals surface area contributed by atoms with Crippen LogP contribution in [0.4, 0.5) is 15.3 Å². The molecular weight excluding hydrogens is 1270 g/mol. The van der Waals surface area contributed by atoms with E-state index >= 15 is 0 Å². The topological polar surface area (TPSA) is 311 Å². The van der Waals surface area contributed by atoms with Crippen molar-refractivity contribution in [2.45, 2.75) is 221 Å². The molecule has 2 heterocycles. The molecule has 550 valence electrons. The summed E-state index contributed by atoms with van der Waals surface area (Å²) in [4.78, 5) is 149. The molecule has 2 fully saturated rings. The number of carbonyl (C=O) groups excluding carboxylic acids is 11. The molecule has 24 heteroatoms. The number of likely N-dealkylation sites (N-methyl/N-ethyl adjacent to an activating group) is 2. The van der Waals surface area contributed by atoms with Crippen LogP contribution < -0.4 is 21.7 Å². The van der Waals surface area contributed by atoms with E-state index in [-0.39, 0.29) is 145 Å². The molecule has 6 N–H and O–H groups in total. The number of nitrogens with two attached hydrogens (primary N) is 1. The van der Waals surface area contributed by atoms with Gasteiger partial charge in [0.25, 0.3) is 0 Å². The second kappa shape index (κ2) is 43.0. The van der Waals surface area contributed by atoms with Crippen LogP contribution in [0.25, 0.3) is 0 Å². The third-order valence-corrected chi connectivity index (χ3v) is 20.2. The number of thioether (sulfide) groups is 1. The molecule has 2 aromatic rings. The Kier molecular flexibility index (Phi) is 37.5. The minimum atomic E-state index is -0.779. The fraction of sp³-hybridized carbons (Fsp3) is 0.689. The number of nitrogens with one attached hydrogen (secondary N) is 3. The van der Waals surface area contributed by atoms with Gasteiger partial charge in [-0.25, -0.2) is 9.59 Å². The van der Waals surface area contributed by atoms with Crippen LogP contribution in [0.5, 0.6) is 0 Å². The highest BCUT2D eigenvalue weighted by Gasteiger charge is 2.44. The molecule has 4 rings (SSSR count). The Labute approximate surface area is 587 Å². The molecule has 0 saturated carbocycles. The number of nitrogens with zero attached hydrogens (tertiary/aromatic N) is 4. The van der Waals surface area contributed by atoms with Gasteiger partial charge in [0.2, 0.25) is 35.4 Å². The number of amides is 9. The molecular formula is C74H118N8O15S. The van der Waals surface area contributed by atoms with Crippen molar-refractivity contribution >= 4 is 82.4 Å². The Bertz CT molecular complexity index is 2900. The molecule has 98 heavy (non-hydrogen) atoms. The zero-order valence-corrected chi connectivity index (χ0v) is 62.4. The van der Waals surface area contributed by atoms with Crippen LogP contribution in [0.3, 0.4) is 0 Å². The van der Waals surface area contributed by atoms with Gasteiger partial charge in [0.1, 0.15) is 5.78 Å². The third kappa shape index (κ3) is 26.1. The summed E-state index contributed by atoms with van der Waals surface area (Å²) < 4.78 is 17.2. The molecule has 2 aliphatic heterocycles. The maximum atomic E-state index is 14.4. The van der Waals surface area contributed by atoms with Crippen LogP contribution in [0.15, 0.2) is 54.6 Å². The number of aryl methyl sites for hydroxylation is 1. The minimum Gasteiger partial charge on any atom is -0.450 e. The number of unbranched alkanes of at least 4 members (excludes halogenated alkanes) is 2. The van der Waals surface area contributed by atoms with Crippen molar-refractivity contribution in [3.8, 4) is 0 Å². The highest BCUT2D eigenvalue weighted by molar-refractivity contribution is 8.00. The number of primary amides is 1. The molecule has 2 aliphatic rings. The number of ether oxygens (including phenoxy) is 3. The fourth-order valence-corrected chi connectivity index (χ4v) is 14.0. The molecule has 0 aliphatic carbocycles. The van der Waals surface area contributed by atoms with Crippen molar-refractivity contribution in [1.82, 2.24) is 30.2 Å². The Hall–Kier alpha value is -6.76. The number of urea groups is 1. The average molecular weight is 1390 g/mol. The van der Waals surface area contributed by atoms with Gasteiger partial charge in [0.05, 0.1) is 60.8 Å². The Balaban J connectivity index is 0.000000531. The van der Waals surface area contributed by atoms with Gasteiger partial charge in [-0.05, 0) is 106 Å². The van der Waals surface area contributed by atoms with E-state index < -0.39 is 66.3 Å². The SMILES string of the molecule is CCOC(=O)N(C)[C@H](C(=O)C[C@H](C(=O)N(C)[C@@H]([C@@H](C)CC)[C@@H](CC(=O)N1CCC[C@H]1[C@H](OC)[C@@H](C)C(=O)C[C@H](C)[C@@H](O)c1ccccc1)OC)C(C)C)C(C)C.CSC1CC(=O)N(CCCCCC(=O)NC(C(=O)C[C@@H](CCCNC(N)=O)C(=O)Nc2ccc(C)cc2)C(C)C)C1=O. The van der Waals surface area contributed by atoms with Crippen LogP contribution >= 0.6 is 11.8 Å². The lowest BCUT2D eigenvalue weighted by atomic mass is 9.83. The number of likely N-dealkylation sites (tertiary alicyclic amines) is 2. The van der Waals surface area contributed by atoms with E-state index in [4.69, 9.17) is 19.9 Å². The summed E-state index contributed by atoms with van der Waals surface area (Å²) in [5.74, 6) is -4.43. The summed E-state index contributed by atoms with van der Waals surface area (Å²) >= 11 is 1.38. The number of benzene rings is 2. The molecule has 0 bridgehead atoms. The van der Waals surface area contributed by atoms with Crippen molar-refractivity contribution < 1.29 is 72.1 Å². The van der Waals surface area contributed by atoms with Gasteiger partial charge in [-0.1, -0.05) is 130 Å². The first-order valence-electron chi connectivity index (χ1n) is 35.2. The molecule has 2 saturated heterocycles. The zero-order valence-electron chi connectivity index (χ0n) is 61.6. The van der Waals surface area contributed by atoms with Crippen LogP contribution in [0, 0.1) is 54.3 Å². The lowest BCUT2D eigenvalue weighted by Crippen LogP contribution is -2.54. The molecule has 0 radical (unpaired) electrons. The molecule has 23 nitrogen and oxygen atoms in total. The molecule has 0 aromatic heterocycles. The molecule has 2 unspecified atom stereocenters. The van der Waals surface area contributed by atoms with Crippen molar-refractivity contribution in [2.24, 2.45) is 53.1 Å². The molecule has 9 amide bonds. The number of aliphatic hydroxyl groups is 1. The lowest BCUT2D eigenvalue weighted by molar-refractivity contribution is -0.149. The Morgan fingerprint density at radius 3 is 1.96 bits per heavy atom. The smallest absolute Gasteiger partial charge is 0.410 e. The summed E-state index contributed by atoms with van der Waals surface area (Å²) in [7, 11) is 6.40. The van der Waals surface area contributed by atoms with E-state index in [0.717, 1.165) is 24.0 Å². The summed E-state index contributed by atoms with van der Waals surface area (Å²) in [6.07, 6.45) is 4.60. The zero-order chi connectivity index (χ0) is 73.7. The van der Waals surface area contributed by atoms with Crippen LogP contribution in [0.1, 0.15) is 183 Å². The number of aliphatic hydroxyl groups excluding tert-OH is 1. The fourth-order valence-electron chi connectivity index (χ4n) is 13.3. The third-order valence-electron chi connectivity index (χ3n) is 19.3. The van der Waals surface area contributed by atoms with Crippen LogP contribution in [-0.2, 0) is 57.4 Å². The maximum absolute atomic E-state index is 14.4. The number of hydrogen-bond donors (Lipinski definition) is 5. The monoisotopic (exact) mass is 1390 g/mol. The first kappa shape index (κ1) is 85.5. The quantitative estimate of drug-likeness (QED) is 0.0305. The number of hydrogen-bond acceptors (Lipinski definition) is 16. The second-order valence-corrected chi connectivity index (χ2v) is 28.7. The van der Waals surface area contributed by atoms with Gasteiger partial charge in [0.15, 0.2) is 11.6 Å². The highest BCUT2D eigenvalue weighted by Crippen LogP contribution is 2.34. The first-order valence-corrected chi connectivity index (χ1v) is 36.5. The van der Waals surface area contributed by atoms with E-state index in [9.17, 15) is 57.8 Å². The number of methoxy groups -OCH3 is 2. The van der Waals surface area contributed by atoms with Gasteiger partial charge in [-0.3, -0.25) is 48.1 Å². The van der Waals surface area contributed by atoms with E-state index in [1.165, 1.54) is 21.6 Å². The predicted octanol–water partition coefficient (Wildman–Crippen LogP) is 9.73. The van der Waals surface area contributed by atoms with Crippen LogP contribution in [-0.4, -0.2) is 192 Å². The molecule has 2 aromatic carbocycles. The van der Waals surface area contributed by atoms with E-state index in [1.54, 1.807) is 52.3 Å². The summed E-state index contributed by atoms with van der Waals surface area (Å²) in [6, 6.07) is 13.7. The Morgan fingerprint density at radius 2 is 1.41 bits per heavy atom. The van der Waals surface area contributed by atoms with Gasteiger partial charge in [-0.15, -0.1) is 0 Å². The first-order chi connectivity index (χ1) is 46.3. The van der Waals surface area contributed by atoms with E-state index in [1.807, 2.05) is 130 Å². The molecule has 13 atom stereocenters. The van der Waals surface area contributed by atoms with Crippen molar-refractivity contribution in [3.05, 3.63) is 65.7 Å². The number of anilines is 1. The number of rotatable bonds is 41. The lowest BCUT2D eigenvalue weighted by Gasteiger charge is -2.41. The maximum Gasteiger partial charge on any atom is 0.410 e. The minimum absolute atomic E-state index is 0.0176. The summed E-state index contributed by atoms with van der Waals surface area (Å²) in [5.41, 5.74) is 7.56. The summed E-state index contributed by atoms with van der Waals surface area (Å²) in [5, 5.41) is 18.8. The van der Waals surface area contributed by atoms with Gasteiger partial charge in [-0.2, -0.15) is 11.8 Å². The molecule has 0 spiro atoms. The number of ketones is 3. The largest absolute Gasteiger partial charge is 0.450 e. The number of carbonyl (C=O) groups is 11. The number of imide groups is 1. The van der Waals surface area contributed by atoms with Crippen molar-refractivity contribution in [2.75, 3.05) is 66.1 Å². The van der Waals surface area contributed by atoms with Gasteiger partial charge in [0, 0.05) is 103 Å². The van der Waals surface area contributed by atoms with E-state index in [0.29, 0.717) is 57.3 Å². The van der Waals surface area contributed by atoms with Crippen molar-refractivity contribution in [1.29, 1.82) is 0 Å². The van der Waals surface area contributed by atoms with E-state index in [2.05, 4.69) is 16.0 Å². The highest BCUT2D eigenvalue weighted by atomic mass is 32.2. The standard InChI is InChI=1S/C44H73N3O9.C30H45N5O6S/c1-14-29(7)40(45(10)43(52)33(27(3)4)25-36(49)39(28(5)6)46(11)44(53)56-15-2)37(54-12)26-38(50)47-23-19-22-34(47)42(55-13)31(9)35(48)24-30(8)41(51)32-20-17-16-18-21-32;1-19(2)27(34-25(37)10-6-5-7-16-35-26(38)18-24(42-4)29(35)40)23(36)17-21(9-8-15-32-30(31)41)28(39)33-22-13-11-20(3)12-14-22/h16-18,20-21,27-31,33-34,37,39-42,51H,14-15,19,22-26H2,1-13H3;11-14,19,21,24,27H,5-10,15-18H2,1-4H3,(H,33,39)(H,34,37)(H3,31,32,41)/t29-,30-,31-,33-,34-,37+,39-,40-,41+,42+;21-,24?,27?/m01/s1. The van der Waals surface area contributed by atoms with Gasteiger partial charge >= 0.3 is 12.1 Å². The summed E-state index contributed by atoms with van der Waals surface area (Å²) in [6.45, 7) is 24.0. The number of Topliss-reactive ketones (excluding diaryl/α,β-unsaturated/α-hetero) is 3. The second-order valence-electron chi connectivity index (χ2n) is 27.7. The average Bonchev–Trinajstić information content (AvgIpc) is 1.16. The Morgan fingerprint density at radius 1 is 0.755 bits per heavy atom. The van der Waals surface area contributed by atoms with Crippen LogP contribution in [0.2, 0.25) is 0 Å².